The fourth-order valence-corrected chi connectivity index (χ4v) is 2.70. The fraction of sp³-hybridized carbons (Fsp3) is 0.500. The van der Waals surface area contributed by atoms with Crippen molar-refractivity contribution in [3.63, 3.8) is 0 Å². The van der Waals surface area contributed by atoms with Gasteiger partial charge in [-0.15, -0.1) is 0 Å². The molecule has 0 spiro atoms. The quantitative estimate of drug-likeness (QED) is 0.589. The van der Waals surface area contributed by atoms with Gasteiger partial charge < -0.3 is 0 Å². The van der Waals surface area contributed by atoms with Crippen LogP contribution in [-0.4, -0.2) is 0 Å². The summed E-state index contributed by atoms with van der Waals surface area (Å²) in [6.45, 7) is 2.44. The van der Waals surface area contributed by atoms with Gasteiger partial charge in [-0.1, -0.05) is 31.2 Å². The lowest BCUT2D eigenvalue weighted by Crippen LogP contribution is -2.37. The third kappa shape index (κ3) is 0.682. The van der Waals surface area contributed by atoms with Crippen molar-refractivity contribution in [3.8, 4) is 0 Å². The van der Waals surface area contributed by atoms with Gasteiger partial charge in [-0.05, 0) is 41.7 Å². The van der Waals surface area contributed by atoms with E-state index in [1.54, 1.807) is 11.1 Å². The van der Waals surface area contributed by atoms with Gasteiger partial charge in [-0.25, -0.2) is 0 Å². The third-order valence-electron chi connectivity index (χ3n) is 3.67. The number of hydrogen-bond donors (Lipinski definition) is 0. The van der Waals surface area contributed by atoms with Crippen LogP contribution >= 0.6 is 0 Å². The molecular weight excluding hydrogens is 144 g/mol. The Morgan fingerprint density at radius 1 is 1.25 bits per heavy atom. The minimum Gasteiger partial charge on any atom is -0.0620 e. The van der Waals surface area contributed by atoms with E-state index >= 15 is 0 Å². The number of rotatable bonds is 1. The molecule has 0 heterocycles. The van der Waals surface area contributed by atoms with Crippen molar-refractivity contribution < 1.29 is 0 Å². The van der Waals surface area contributed by atoms with E-state index in [0.717, 1.165) is 5.92 Å². The molecule has 0 amide bonds. The second-order valence-electron chi connectivity index (χ2n) is 4.53. The summed E-state index contributed by atoms with van der Waals surface area (Å²) in [5, 5.41) is 0. The molecule has 62 valence electrons. The first-order valence-electron chi connectivity index (χ1n) is 4.89. The molecule has 0 saturated heterocycles. The van der Waals surface area contributed by atoms with Crippen LogP contribution in [0.2, 0.25) is 0 Å². The molecule has 12 heavy (non-hydrogen) atoms. The highest BCUT2D eigenvalue weighted by Gasteiger charge is 2.48. The summed E-state index contributed by atoms with van der Waals surface area (Å²) in [6, 6.07) is 8.93. The minimum absolute atomic E-state index is 0.566. The van der Waals surface area contributed by atoms with Gasteiger partial charge >= 0.3 is 0 Å². The highest BCUT2D eigenvalue weighted by atomic mass is 14.5. The van der Waals surface area contributed by atoms with Crippen LogP contribution < -0.4 is 0 Å². The Hall–Kier alpha value is -0.780. The summed E-state index contributed by atoms with van der Waals surface area (Å²) >= 11 is 0. The first-order valence-corrected chi connectivity index (χ1v) is 4.89. The lowest BCUT2D eigenvalue weighted by molar-refractivity contribution is 0.354. The van der Waals surface area contributed by atoms with Gasteiger partial charge in [0.2, 0.25) is 0 Å². The van der Waals surface area contributed by atoms with Crippen molar-refractivity contribution in [3.05, 3.63) is 35.4 Å². The highest BCUT2D eigenvalue weighted by Crippen LogP contribution is 2.55. The summed E-state index contributed by atoms with van der Waals surface area (Å²) in [7, 11) is 0. The van der Waals surface area contributed by atoms with E-state index in [4.69, 9.17) is 0 Å². The molecular formula is C12H14. The normalized spacial score (nSPS) is 32.4. The molecule has 0 radical (unpaired) electrons. The number of benzene rings is 1. The van der Waals surface area contributed by atoms with Crippen molar-refractivity contribution >= 4 is 0 Å². The summed E-state index contributed by atoms with van der Waals surface area (Å²) in [5.74, 6) is 1.01. The zero-order chi connectivity index (χ0) is 8.18. The van der Waals surface area contributed by atoms with Crippen LogP contribution in [0, 0.1) is 5.92 Å². The lowest BCUT2D eigenvalue weighted by Gasteiger charge is -2.41. The maximum atomic E-state index is 2.44. The molecule has 1 aromatic carbocycles. The Balaban J connectivity index is 2.06. The third-order valence-corrected chi connectivity index (χ3v) is 3.67. The molecule has 0 N–H and O–H groups in total. The van der Waals surface area contributed by atoms with Gasteiger partial charge in [0.15, 0.2) is 0 Å². The van der Waals surface area contributed by atoms with Gasteiger partial charge in [-0.3, -0.25) is 0 Å². The summed E-state index contributed by atoms with van der Waals surface area (Å²) in [6.07, 6.45) is 4.25. The molecule has 1 unspecified atom stereocenters. The van der Waals surface area contributed by atoms with E-state index < -0.39 is 0 Å². The summed E-state index contributed by atoms with van der Waals surface area (Å²) in [5.41, 5.74) is 3.79. The van der Waals surface area contributed by atoms with Crippen molar-refractivity contribution in [1.29, 1.82) is 0 Å². The predicted molar refractivity (Wildman–Crippen MR) is 50.2 cm³/mol. The molecule has 1 aromatic rings. The molecule has 0 bridgehead atoms. The Kier molecular flexibility index (Phi) is 1.08. The van der Waals surface area contributed by atoms with Crippen molar-refractivity contribution in [2.75, 3.05) is 0 Å². The molecule has 0 aromatic heterocycles. The van der Waals surface area contributed by atoms with E-state index in [1.807, 2.05) is 0 Å². The SMILES string of the molecule is CC1(C2CC2)Cc2ccccc21. The van der Waals surface area contributed by atoms with Crippen molar-refractivity contribution in [1.82, 2.24) is 0 Å². The predicted octanol–water partition coefficient (Wildman–Crippen LogP) is 2.91. The van der Waals surface area contributed by atoms with Gasteiger partial charge in [0.05, 0.1) is 0 Å². The molecule has 0 nitrogen and oxygen atoms in total. The second kappa shape index (κ2) is 1.93. The molecule has 1 atom stereocenters. The average Bonchev–Trinajstić information content (AvgIpc) is 2.85. The van der Waals surface area contributed by atoms with Gasteiger partial charge in [0, 0.05) is 0 Å². The molecule has 0 aliphatic heterocycles. The van der Waals surface area contributed by atoms with E-state index in [9.17, 15) is 0 Å². The molecule has 1 saturated carbocycles. The van der Waals surface area contributed by atoms with Crippen LogP contribution in [0.3, 0.4) is 0 Å². The van der Waals surface area contributed by atoms with Gasteiger partial charge in [0.1, 0.15) is 0 Å². The Morgan fingerprint density at radius 2 is 2.00 bits per heavy atom. The van der Waals surface area contributed by atoms with Crippen LogP contribution in [0.1, 0.15) is 30.9 Å². The van der Waals surface area contributed by atoms with Crippen LogP contribution in [0.4, 0.5) is 0 Å². The summed E-state index contributed by atoms with van der Waals surface area (Å²) in [4.78, 5) is 0. The van der Waals surface area contributed by atoms with Crippen molar-refractivity contribution in [2.24, 2.45) is 5.92 Å². The van der Waals surface area contributed by atoms with Crippen LogP contribution in [-0.2, 0) is 11.8 Å². The van der Waals surface area contributed by atoms with Crippen LogP contribution in [0.25, 0.3) is 0 Å². The number of hydrogen-bond acceptors (Lipinski definition) is 0. The smallest absolute Gasteiger partial charge is 0.000388 e. The Morgan fingerprint density at radius 3 is 2.67 bits per heavy atom. The standard InChI is InChI=1S/C12H14/c1-12(10-6-7-10)8-9-4-2-3-5-11(9)12/h2-5,10H,6-8H2,1H3. The molecule has 0 heteroatoms. The molecule has 2 aliphatic rings. The summed E-state index contributed by atoms with van der Waals surface area (Å²) < 4.78 is 0. The maximum Gasteiger partial charge on any atom is -0.000388 e. The molecule has 3 rings (SSSR count). The Bertz CT molecular complexity index is 323. The largest absolute Gasteiger partial charge is 0.0620 e. The second-order valence-corrected chi connectivity index (χ2v) is 4.53. The van der Waals surface area contributed by atoms with Crippen LogP contribution in [0.5, 0.6) is 0 Å². The average molecular weight is 158 g/mol. The highest BCUT2D eigenvalue weighted by molar-refractivity contribution is 5.45. The zero-order valence-electron chi connectivity index (χ0n) is 7.51. The molecule has 1 fully saturated rings. The Labute approximate surface area is 73.6 Å². The lowest BCUT2D eigenvalue weighted by atomic mass is 9.62. The van der Waals surface area contributed by atoms with Crippen LogP contribution in [0.15, 0.2) is 24.3 Å². The molecule has 2 aliphatic carbocycles. The van der Waals surface area contributed by atoms with Crippen molar-refractivity contribution in [2.45, 2.75) is 31.6 Å². The van der Waals surface area contributed by atoms with E-state index in [2.05, 4.69) is 31.2 Å². The topological polar surface area (TPSA) is 0 Å². The first kappa shape index (κ1) is 6.71. The van der Waals surface area contributed by atoms with Gasteiger partial charge in [-0.2, -0.15) is 0 Å². The monoisotopic (exact) mass is 158 g/mol. The van der Waals surface area contributed by atoms with Gasteiger partial charge in [0.25, 0.3) is 0 Å². The zero-order valence-corrected chi connectivity index (χ0v) is 7.51. The first-order chi connectivity index (χ1) is 5.81. The van der Waals surface area contributed by atoms with E-state index in [-0.39, 0.29) is 0 Å². The van der Waals surface area contributed by atoms with E-state index in [0.29, 0.717) is 5.41 Å². The number of fused-ring (bicyclic) bond motifs is 1. The maximum absolute atomic E-state index is 2.44. The fourth-order valence-electron chi connectivity index (χ4n) is 2.70. The van der Waals surface area contributed by atoms with E-state index in [1.165, 1.54) is 19.3 Å². The minimum atomic E-state index is 0.566.